The number of carbonyl (C=O) groups excluding carboxylic acids is 1. The van der Waals surface area contributed by atoms with Crippen LogP contribution in [-0.2, 0) is 4.74 Å². The SMILES string of the molecule is CCCCOC(=O)NN1CCCC1F. The van der Waals surface area contributed by atoms with Crippen molar-refractivity contribution >= 4 is 6.09 Å². The van der Waals surface area contributed by atoms with Crippen LogP contribution in [-0.4, -0.2) is 30.5 Å². The van der Waals surface area contributed by atoms with Gasteiger partial charge in [0, 0.05) is 6.54 Å². The van der Waals surface area contributed by atoms with Gasteiger partial charge in [0.15, 0.2) is 6.30 Å². The summed E-state index contributed by atoms with van der Waals surface area (Å²) >= 11 is 0. The average molecular weight is 204 g/mol. The maximum atomic E-state index is 13.0. The molecule has 1 saturated heterocycles. The molecule has 1 amide bonds. The lowest BCUT2D eigenvalue weighted by atomic mass is 10.4. The maximum absolute atomic E-state index is 13.0. The molecule has 1 rings (SSSR count). The molecular weight excluding hydrogens is 187 g/mol. The fraction of sp³-hybridized carbons (Fsp3) is 0.889. The van der Waals surface area contributed by atoms with Crippen LogP contribution < -0.4 is 5.43 Å². The predicted octanol–water partition coefficient (Wildman–Crippen LogP) is 1.82. The van der Waals surface area contributed by atoms with Gasteiger partial charge in [0.25, 0.3) is 0 Å². The number of ether oxygens (including phenoxy) is 1. The standard InChI is InChI=1S/C9H17FN2O2/c1-2-3-7-14-9(13)11-12-6-4-5-8(12)10/h8H,2-7H2,1H3,(H,11,13). The molecule has 1 atom stereocenters. The molecule has 0 radical (unpaired) electrons. The predicted molar refractivity (Wildman–Crippen MR) is 50.2 cm³/mol. The molecule has 0 aromatic heterocycles. The zero-order chi connectivity index (χ0) is 10.4. The molecule has 0 aromatic carbocycles. The Morgan fingerprint density at radius 2 is 2.50 bits per heavy atom. The van der Waals surface area contributed by atoms with Gasteiger partial charge in [-0.05, 0) is 19.3 Å². The molecule has 82 valence electrons. The van der Waals surface area contributed by atoms with E-state index < -0.39 is 12.4 Å². The van der Waals surface area contributed by atoms with E-state index in [9.17, 15) is 9.18 Å². The summed E-state index contributed by atoms with van der Waals surface area (Å²) in [5.74, 6) is 0. The average Bonchev–Trinajstić information content (AvgIpc) is 2.52. The number of hydrogen-bond donors (Lipinski definition) is 1. The van der Waals surface area contributed by atoms with E-state index in [-0.39, 0.29) is 0 Å². The van der Waals surface area contributed by atoms with Crippen molar-refractivity contribution in [2.24, 2.45) is 0 Å². The van der Waals surface area contributed by atoms with Gasteiger partial charge in [-0.2, -0.15) is 5.01 Å². The molecule has 0 saturated carbocycles. The Morgan fingerprint density at radius 1 is 1.71 bits per heavy atom. The van der Waals surface area contributed by atoms with Crippen LogP contribution in [0.5, 0.6) is 0 Å². The highest BCUT2D eigenvalue weighted by molar-refractivity contribution is 5.66. The third kappa shape index (κ3) is 3.49. The molecule has 1 N–H and O–H groups in total. The fourth-order valence-electron chi connectivity index (χ4n) is 1.31. The highest BCUT2D eigenvalue weighted by Crippen LogP contribution is 2.15. The number of amides is 1. The topological polar surface area (TPSA) is 41.6 Å². The Morgan fingerprint density at radius 3 is 3.07 bits per heavy atom. The van der Waals surface area contributed by atoms with Gasteiger partial charge in [-0.25, -0.2) is 9.18 Å². The Hall–Kier alpha value is -0.840. The van der Waals surface area contributed by atoms with E-state index in [1.165, 1.54) is 5.01 Å². The molecule has 1 heterocycles. The molecule has 1 fully saturated rings. The van der Waals surface area contributed by atoms with Crippen molar-refractivity contribution in [3.05, 3.63) is 0 Å². The first kappa shape index (κ1) is 11.2. The van der Waals surface area contributed by atoms with Crippen LogP contribution in [0.25, 0.3) is 0 Å². The summed E-state index contributed by atoms with van der Waals surface area (Å²) < 4.78 is 17.8. The number of unbranched alkanes of at least 4 members (excludes halogenated alkanes) is 1. The first-order valence-electron chi connectivity index (χ1n) is 5.08. The van der Waals surface area contributed by atoms with Crippen LogP contribution in [0.15, 0.2) is 0 Å². The number of alkyl halides is 1. The fourth-order valence-corrected chi connectivity index (χ4v) is 1.31. The second-order valence-electron chi connectivity index (χ2n) is 3.37. The first-order valence-corrected chi connectivity index (χ1v) is 5.08. The van der Waals surface area contributed by atoms with Gasteiger partial charge in [0.05, 0.1) is 6.61 Å². The second kappa shape index (κ2) is 5.80. The van der Waals surface area contributed by atoms with Crippen molar-refractivity contribution in [2.75, 3.05) is 13.2 Å². The van der Waals surface area contributed by atoms with Gasteiger partial charge in [0.2, 0.25) is 0 Å². The van der Waals surface area contributed by atoms with Crippen molar-refractivity contribution < 1.29 is 13.9 Å². The molecule has 5 heteroatoms. The summed E-state index contributed by atoms with van der Waals surface area (Å²) in [6, 6.07) is 0. The monoisotopic (exact) mass is 204 g/mol. The number of hydrogen-bond acceptors (Lipinski definition) is 3. The van der Waals surface area contributed by atoms with E-state index >= 15 is 0 Å². The number of nitrogens with one attached hydrogen (secondary N) is 1. The lowest BCUT2D eigenvalue weighted by Crippen LogP contribution is -2.43. The van der Waals surface area contributed by atoms with E-state index in [2.05, 4.69) is 5.43 Å². The Balaban J connectivity index is 2.13. The van der Waals surface area contributed by atoms with Crippen LogP contribution in [0.3, 0.4) is 0 Å². The molecule has 1 aliphatic rings. The number of rotatable bonds is 4. The van der Waals surface area contributed by atoms with Gasteiger partial charge in [-0.15, -0.1) is 0 Å². The second-order valence-corrected chi connectivity index (χ2v) is 3.37. The molecule has 0 aromatic rings. The zero-order valence-corrected chi connectivity index (χ0v) is 8.46. The molecule has 1 unspecified atom stereocenters. The summed E-state index contributed by atoms with van der Waals surface area (Å²) in [7, 11) is 0. The molecule has 4 nitrogen and oxygen atoms in total. The van der Waals surface area contributed by atoms with Crippen molar-refractivity contribution in [2.45, 2.75) is 38.9 Å². The highest BCUT2D eigenvalue weighted by Gasteiger charge is 2.25. The molecule has 0 spiro atoms. The number of halogens is 1. The Bertz CT molecular complexity index is 190. The van der Waals surface area contributed by atoms with E-state index in [1.54, 1.807) is 0 Å². The lowest BCUT2D eigenvalue weighted by molar-refractivity contribution is 0.0558. The van der Waals surface area contributed by atoms with Crippen molar-refractivity contribution in [3.8, 4) is 0 Å². The van der Waals surface area contributed by atoms with Gasteiger partial charge in [-0.1, -0.05) is 13.3 Å². The Labute approximate surface area is 83.4 Å². The summed E-state index contributed by atoms with van der Waals surface area (Å²) in [4.78, 5) is 11.1. The van der Waals surface area contributed by atoms with E-state index in [4.69, 9.17) is 4.74 Å². The molecule has 1 aliphatic heterocycles. The smallest absolute Gasteiger partial charge is 0.421 e. The molecule has 0 bridgehead atoms. The summed E-state index contributed by atoms with van der Waals surface area (Å²) in [6.45, 7) is 2.97. The molecule has 0 aliphatic carbocycles. The molecule has 14 heavy (non-hydrogen) atoms. The van der Waals surface area contributed by atoms with Crippen molar-refractivity contribution in [1.82, 2.24) is 10.4 Å². The van der Waals surface area contributed by atoms with E-state index in [0.29, 0.717) is 19.6 Å². The minimum Gasteiger partial charge on any atom is -0.449 e. The van der Waals surface area contributed by atoms with Gasteiger partial charge < -0.3 is 4.74 Å². The van der Waals surface area contributed by atoms with Gasteiger partial charge >= 0.3 is 6.09 Å². The van der Waals surface area contributed by atoms with Crippen LogP contribution in [0.4, 0.5) is 9.18 Å². The normalized spacial score (nSPS) is 22.3. The first-order chi connectivity index (χ1) is 6.74. The molecular formula is C9H17FN2O2. The minimum absolute atomic E-state index is 0.396. The van der Waals surface area contributed by atoms with Crippen LogP contribution in [0, 0.1) is 0 Å². The third-order valence-corrected chi connectivity index (χ3v) is 2.15. The maximum Gasteiger partial charge on any atom is 0.421 e. The summed E-state index contributed by atoms with van der Waals surface area (Å²) in [5, 5.41) is 1.29. The number of nitrogens with zero attached hydrogens (tertiary/aromatic N) is 1. The van der Waals surface area contributed by atoms with Crippen LogP contribution >= 0.6 is 0 Å². The number of carbonyl (C=O) groups is 1. The lowest BCUT2D eigenvalue weighted by Gasteiger charge is -2.18. The van der Waals surface area contributed by atoms with Gasteiger partial charge in [-0.3, -0.25) is 5.43 Å². The van der Waals surface area contributed by atoms with Crippen molar-refractivity contribution in [3.63, 3.8) is 0 Å². The van der Waals surface area contributed by atoms with E-state index in [1.807, 2.05) is 6.92 Å². The Kier molecular flexibility index (Phi) is 4.65. The number of hydrazine groups is 1. The van der Waals surface area contributed by atoms with Crippen LogP contribution in [0.1, 0.15) is 32.6 Å². The highest BCUT2D eigenvalue weighted by atomic mass is 19.1. The minimum atomic E-state index is -1.06. The quantitative estimate of drug-likeness (QED) is 0.561. The third-order valence-electron chi connectivity index (χ3n) is 2.15. The van der Waals surface area contributed by atoms with Gasteiger partial charge in [0.1, 0.15) is 0 Å². The zero-order valence-electron chi connectivity index (χ0n) is 8.46. The van der Waals surface area contributed by atoms with Crippen LogP contribution in [0.2, 0.25) is 0 Å². The summed E-state index contributed by atoms with van der Waals surface area (Å²) in [5.41, 5.74) is 2.38. The van der Waals surface area contributed by atoms with Crippen molar-refractivity contribution in [1.29, 1.82) is 0 Å². The largest absolute Gasteiger partial charge is 0.449 e. The van der Waals surface area contributed by atoms with E-state index in [0.717, 1.165) is 19.3 Å². The summed E-state index contributed by atoms with van der Waals surface area (Å²) in [6.07, 6.45) is 1.46.